The van der Waals surface area contributed by atoms with E-state index in [9.17, 15) is 8.42 Å². The number of hydrogen-bond acceptors (Lipinski definition) is 2. The highest BCUT2D eigenvalue weighted by atomic mass is 35.5. The molecule has 0 aliphatic carbocycles. The van der Waals surface area contributed by atoms with Gasteiger partial charge in [0.15, 0.2) is 0 Å². The van der Waals surface area contributed by atoms with E-state index in [1.165, 1.54) is 12.1 Å². The standard InChI is InChI=1S/C9H10ClNO2S/c1-2-3-8-4-6-9(7-5-8)14(12,13)11-10/h2-7,11H,1H3. The third kappa shape index (κ3) is 2.57. The number of sulfonamides is 1. The van der Waals surface area contributed by atoms with Crippen LogP contribution in [0.2, 0.25) is 0 Å². The van der Waals surface area contributed by atoms with E-state index in [0.717, 1.165) is 5.56 Å². The van der Waals surface area contributed by atoms with Crippen molar-refractivity contribution >= 4 is 27.9 Å². The van der Waals surface area contributed by atoms with Gasteiger partial charge in [-0.05, 0) is 36.4 Å². The lowest BCUT2D eigenvalue weighted by molar-refractivity contribution is 0.594. The molecule has 0 aromatic heterocycles. The highest BCUT2D eigenvalue weighted by Gasteiger charge is 2.10. The maximum absolute atomic E-state index is 11.2. The minimum absolute atomic E-state index is 0.153. The Balaban J connectivity index is 3.06. The average Bonchev–Trinajstić information content (AvgIpc) is 2.19. The lowest BCUT2D eigenvalue weighted by atomic mass is 10.2. The Hall–Kier alpha value is -0.840. The van der Waals surface area contributed by atoms with Crippen LogP contribution in [0, 0.1) is 0 Å². The van der Waals surface area contributed by atoms with Gasteiger partial charge >= 0.3 is 0 Å². The molecule has 0 saturated carbocycles. The van der Waals surface area contributed by atoms with Gasteiger partial charge in [0.25, 0.3) is 10.0 Å². The quantitative estimate of drug-likeness (QED) is 0.811. The van der Waals surface area contributed by atoms with Crippen LogP contribution in [0.3, 0.4) is 0 Å². The summed E-state index contributed by atoms with van der Waals surface area (Å²) >= 11 is 5.08. The van der Waals surface area contributed by atoms with Crippen LogP contribution in [-0.4, -0.2) is 8.42 Å². The SMILES string of the molecule is CC=Cc1ccc(S(=O)(=O)NCl)cc1. The second-order valence-electron chi connectivity index (χ2n) is 2.65. The fraction of sp³-hybridized carbons (Fsp3) is 0.111. The van der Waals surface area contributed by atoms with Crippen LogP contribution in [-0.2, 0) is 10.0 Å². The van der Waals surface area contributed by atoms with Crippen molar-refractivity contribution in [1.29, 1.82) is 0 Å². The van der Waals surface area contributed by atoms with Crippen molar-refractivity contribution in [3.63, 3.8) is 0 Å². The molecule has 5 heteroatoms. The van der Waals surface area contributed by atoms with Crippen molar-refractivity contribution in [2.24, 2.45) is 0 Å². The summed E-state index contributed by atoms with van der Waals surface area (Å²) in [6.07, 6.45) is 3.76. The number of benzene rings is 1. The van der Waals surface area contributed by atoms with Crippen LogP contribution >= 0.6 is 11.8 Å². The second kappa shape index (κ2) is 4.59. The van der Waals surface area contributed by atoms with Crippen molar-refractivity contribution in [3.8, 4) is 0 Å². The fourth-order valence-corrected chi connectivity index (χ4v) is 1.85. The molecule has 1 aromatic rings. The van der Waals surface area contributed by atoms with Crippen molar-refractivity contribution in [3.05, 3.63) is 35.9 Å². The number of allylic oxidation sites excluding steroid dienone is 1. The Labute approximate surface area is 88.6 Å². The molecule has 0 spiro atoms. The third-order valence-electron chi connectivity index (χ3n) is 1.65. The zero-order chi connectivity index (χ0) is 10.6. The van der Waals surface area contributed by atoms with E-state index in [1.807, 2.05) is 19.1 Å². The average molecular weight is 232 g/mol. The van der Waals surface area contributed by atoms with E-state index >= 15 is 0 Å². The lowest BCUT2D eigenvalue weighted by Crippen LogP contribution is -2.13. The summed E-state index contributed by atoms with van der Waals surface area (Å²) in [4.78, 5) is 0.153. The second-order valence-corrected chi connectivity index (χ2v) is 4.75. The molecule has 1 rings (SSSR count). The molecule has 3 nitrogen and oxygen atoms in total. The van der Waals surface area contributed by atoms with E-state index in [2.05, 4.69) is 0 Å². The molecule has 0 amide bonds. The summed E-state index contributed by atoms with van der Waals surface area (Å²) in [5, 5.41) is 0. The summed E-state index contributed by atoms with van der Waals surface area (Å²) < 4.78 is 24.2. The normalized spacial score (nSPS) is 12.1. The zero-order valence-corrected chi connectivity index (χ0v) is 9.14. The zero-order valence-electron chi connectivity index (χ0n) is 7.57. The third-order valence-corrected chi connectivity index (χ3v) is 3.36. The Kier molecular flexibility index (Phi) is 3.69. The van der Waals surface area contributed by atoms with E-state index in [0.29, 0.717) is 0 Å². The van der Waals surface area contributed by atoms with Gasteiger partial charge in [0.2, 0.25) is 0 Å². The van der Waals surface area contributed by atoms with E-state index in [4.69, 9.17) is 11.8 Å². The first kappa shape index (κ1) is 11.2. The maximum Gasteiger partial charge on any atom is 0.253 e. The van der Waals surface area contributed by atoms with E-state index < -0.39 is 10.0 Å². The molecule has 0 atom stereocenters. The smallest absolute Gasteiger partial charge is 0.206 e. The van der Waals surface area contributed by atoms with Gasteiger partial charge in [-0.2, -0.15) is 0 Å². The fourth-order valence-electron chi connectivity index (χ4n) is 0.995. The predicted octanol–water partition coefficient (Wildman–Crippen LogP) is 2.15. The van der Waals surface area contributed by atoms with Gasteiger partial charge in [0, 0.05) is 0 Å². The molecule has 76 valence electrons. The predicted molar refractivity (Wildman–Crippen MR) is 57.3 cm³/mol. The first-order chi connectivity index (χ1) is 6.60. The Morgan fingerprint density at radius 1 is 1.29 bits per heavy atom. The number of nitrogens with one attached hydrogen (secondary N) is 1. The highest BCUT2D eigenvalue weighted by Crippen LogP contribution is 2.11. The van der Waals surface area contributed by atoms with E-state index in [-0.39, 0.29) is 4.90 Å². The van der Waals surface area contributed by atoms with Crippen LogP contribution < -0.4 is 4.24 Å². The Morgan fingerprint density at radius 2 is 1.86 bits per heavy atom. The molecule has 0 saturated heterocycles. The van der Waals surface area contributed by atoms with Crippen LogP contribution in [0.5, 0.6) is 0 Å². The van der Waals surface area contributed by atoms with Gasteiger partial charge in [-0.3, -0.25) is 0 Å². The molecule has 0 fully saturated rings. The molecule has 0 aliphatic rings. The van der Waals surface area contributed by atoms with Gasteiger partial charge in [0.1, 0.15) is 0 Å². The first-order valence-electron chi connectivity index (χ1n) is 3.95. The van der Waals surface area contributed by atoms with Gasteiger partial charge in [-0.1, -0.05) is 24.3 Å². The van der Waals surface area contributed by atoms with Gasteiger partial charge in [-0.15, -0.1) is 4.24 Å². The molecule has 0 radical (unpaired) electrons. The maximum atomic E-state index is 11.2. The molecule has 0 aliphatic heterocycles. The van der Waals surface area contributed by atoms with Crippen molar-refractivity contribution < 1.29 is 8.42 Å². The molecular formula is C9H10ClNO2S. The topological polar surface area (TPSA) is 46.2 Å². The van der Waals surface area contributed by atoms with Gasteiger partial charge in [-0.25, -0.2) is 8.42 Å². The summed E-state index contributed by atoms with van der Waals surface area (Å²) in [6, 6.07) is 6.42. The van der Waals surface area contributed by atoms with Crippen LogP contribution in [0.15, 0.2) is 35.2 Å². The van der Waals surface area contributed by atoms with Crippen LogP contribution in [0.25, 0.3) is 6.08 Å². The summed E-state index contributed by atoms with van der Waals surface area (Å²) in [5.74, 6) is 0. The summed E-state index contributed by atoms with van der Waals surface area (Å²) in [6.45, 7) is 1.89. The molecule has 0 bridgehead atoms. The van der Waals surface area contributed by atoms with Crippen LogP contribution in [0.4, 0.5) is 0 Å². The first-order valence-corrected chi connectivity index (χ1v) is 5.81. The minimum atomic E-state index is -3.54. The van der Waals surface area contributed by atoms with Gasteiger partial charge < -0.3 is 0 Å². The van der Waals surface area contributed by atoms with Crippen molar-refractivity contribution in [2.45, 2.75) is 11.8 Å². The summed E-state index contributed by atoms with van der Waals surface area (Å²) in [7, 11) is -3.54. The van der Waals surface area contributed by atoms with Crippen molar-refractivity contribution in [2.75, 3.05) is 0 Å². The number of halogens is 1. The number of rotatable bonds is 3. The Bertz CT molecular complexity index is 423. The van der Waals surface area contributed by atoms with Crippen LogP contribution in [0.1, 0.15) is 12.5 Å². The molecule has 0 unspecified atom stereocenters. The molecule has 1 aromatic carbocycles. The molecule has 14 heavy (non-hydrogen) atoms. The minimum Gasteiger partial charge on any atom is -0.206 e. The number of hydrogen-bond donors (Lipinski definition) is 1. The van der Waals surface area contributed by atoms with E-state index in [1.54, 1.807) is 16.4 Å². The molecule has 1 N–H and O–H groups in total. The Morgan fingerprint density at radius 3 is 2.29 bits per heavy atom. The largest absolute Gasteiger partial charge is 0.253 e. The van der Waals surface area contributed by atoms with Gasteiger partial charge in [0.05, 0.1) is 4.90 Å². The summed E-state index contributed by atoms with van der Waals surface area (Å²) in [5.41, 5.74) is 0.945. The highest BCUT2D eigenvalue weighted by molar-refractivity contribution is 7.90. The molecular weight excluding hydrogens is 222 g/mol. The monoisotopic (exact) mass is 231 g/mol. The van der Waals surface area contributed by atoms with Crippen molar-refractivity contribution in [1.82, 2.24) is 4.24 Å². The molecule has 0 heterocycles. The lowest BCUT2D eigenvalue weighted by Gasteiger charge is -2.00.